The fraction of sp³-hybridized carbons (Fsp3) is 0.412. The van der Waals surface area contributed by atoms with Gasteiger partial charge in [-0.05, 0) is 12.5 Å². The highest BCUT2D eigenvalue weighted by atomic mass is 16.5. The Morgan fingerprint density at radius 1 is 1.15 bits per heavy atom. The molecule has 148 valence electrons. The van der Waals surface area contributed by atoms with E-state index in [1.165, 1.54) is 6.92 Å². The van der Waals surface area contributed by atoms with Crippen LogP contribution in [0, 0.1) is 0 Å². The van der Waals surface area contributed by atoms with Crippen molar-refractivity contribution < 1.29 is 33.8 Å². The second-order valence-electron chi connectivity index (χ2n) is 5.68. The molecule has 1 rings (SSSR count). The van der Waals surface area contributed by atoms with Gasteiger partial charge in [-0.2, -0.15) is 0 Å². The van der Waals surface area contributed by atoms with Crippen LogP contribution < -0.4 is 16.4 Å². The normalized spacial score (nSPS) is 13.6. The zero-order valence-corrected chi connectivity index (χ0v) is 15.0. The van der Waals surface area contributed by atoms with Gasteiger partial charge in [0.25, 0.3) is 0 Å². The van der Waals surface area contributed by atoms with Crippen LogP contribution in [-0.2, 0) is 30.5 Å². The standard InChI is InChI=1S/C17H23N3O7/c1-10(21)14(16(24)26-2)20-15(23)12(8-13(18)22)19-17(25)27-9-11-6-4-3-5-7-11/h3-7,10,12,14,21H,8-9H2,1-2H3,(H2,18,22)(H,19,25)(H,20,23). The second-order valence-corrected chi connectivity index (χ2v) is 5.68. The number of primary amides is 1. The Hall–Kier alpha value is -3.14. The van der Waals surface area contributed by atoms with E-state index >= 15 is 0 Å². The maximum Gasteiger partial charge on any atom is 0.408 e. The van der Waals surface area contributed by atoms with Crippen molar-refractivity contribution in [2.75, 3.05) is 7.11 Å². The number of nitrogens with one attached hydrogen (secondary N) is 2. The minimum absolute atomic E-state index is 0.0456. The zero-order chi connectivity index (χ0) is 20.4. The SMILES string of the molecule is COC(=O)C(NC(=O)C(CC(N)=O)NC(=O)OCc1ccccc1)C(C)O. The molecular formula is C17H23N3O7. The lowest BCUT2D eigenvalue weighted by Crippen LogP contribution is -2.55. The van der Waals surface area contributed by atoms with Crippen molar-refractivity contribution >= 4 is 23.9 Å². The van der Waals surface area contributed by atoms with E-state index in [1.54, 1.807) is 30.3 Å². The number of carbonyl (C=O) groups is 4. The average Bonchev–Trinajstić information content (AvgIpc) is 2.63. The van der Waals surface area contributed by atoms with Crippen LogP contribution in [0.2, 0.25) is 0 Å². The third-order valence-corrected chi connectivity index (χ3v) is 3.46. The summed E-state index contributed by atoms with van der Waals surface area (Å²) in [5.74, 6) is -2.64. The summed E-state index contributed by atoms with van der Waals surface area (Å²) in [5.41, 5.74) is 5.82. The number of carbonyl (C=O) groups excluding carboxylic acids is 4. The van der Waals surface area contributed by atoms with Gasteiger partial charge in [0.15, 0.2) is 6.04 Å². The lowest BCUT2D eigenvalue weighted by atomic mass is 10.1. The predicted molar refractivity (Wildman–Crippen MR) is 93.0 cm³/mol. The Morgan fingerprint density at radius 2 is 1.78 bits per heavy atom. The molecule has 3 unspecified atom stereocenters. The maximum atomic E-state index is 12.3. The molecule has 0 saturated heterocycles. The molecule has 10 nitrogen and oxygen atoms in total. The molecule has 10 heteroatoms. The summed E-state index contributed by atoms with van der Waals surface area (Å²) in [6, 6.07) is 6.05. The number of hydrogen-bond donors (Lipinski definition) is 4. The van der Waals surface area contributed by atoms with Crippen LogP contribution in [0.15, 0.2) is 30.3 Å². The molecule has 0 heterocycles. The van der Waals surface area contributed by atoms with Crippen LogP contribution in [0.3, 0.4) is 0 Å². The molecule has 0 saturated carbocycles. The summed E-state index contributed by atoms with van der Waals surface area (Å²) in [6.45, 7) is 1.22. The van der Waals surface area contributed by atoms with Gasteiger partial charge in [-0.3, -0.25) is 9.59 Å². The van der Waals surface area contributed by atoms with Gasteiger partial charge in [0, 0.05) is 0 Å². The predicted octanol–water partition coefficient (Wildman–Crippen LogP) is -0.805. The zero-order valence-electron chi connectivity index (χ0n) is 15.0. The van der Waals surface area contributed by atoms with E-state index in [-0.39, 0.29) is 6.61 Å². The van der Waals surface area contributed by atoms with Crippen LogP contribution in [0.5, 0.6) is 0 Å². The highest BCUT2D eigenvalue weighted by Gasteiger charge is 2.31. The monoisotopic (exact) mass is 381 g/mol. The lowest BCUT2D eigenvalue weighted by molar-refractivity contribution is -0.148. The average molecular weight is 381 g/mol. The van der Waals surface area contributed by atoms with Gasteiger partial charge in [-0.1, -0.05) is 30.3 Å². The molecule has 0 aliphatic rings. The van der Waals surface area contributed by atoms with Crippen molar-refractivity contribution in [3.63, 3.8) is 0 Å². The molecule has 0 spiro atoms. The first-order chi connectivity index (χ1) is 12.7. The van der Waals surface area contributed by atoms with E-state index in [9.17, 15) is 24.3 Å². The Balaban J connectivity index is 2.72. The summed E-state index contributed by atoms with van der Waals surface area (Å²) in [4.78, 5) is 47.0. The summed E-state index contributed by atoms with van der Waals surface area (Å²) < 4.78 is 9.47. The molecule has 0 fully saturated rings. The molecule has 0 aliphatic heterocycles. The van der Waals surface area contributed by atoms with Crippen molar-refractivity contribution in [2.24, 2.45) is 5.73 Å². The highest BCUT2D eigenvalue weighted by molar-refractivity contribution is 5.93. The summed E-state index contributed by atoms with van der Waals surface area (Å²) in [6.07, 6.45) is -2.74. The van der Waals surface area contributed by atoms with E-state index < -0.39 is 48.5 Å². The molecule has 5 N–H and O–H groups in total. The highest BCUT2D eigenvalue weighted by Crippen LogP contribution is 2.03. The third-order valence-electron chi connectivity index (χ3n) is 3.46. The fourth-order valence-corrected chi connectivity index (χ4v) is 2.07. The second kappa shape index (κ2) is 10.8. The van der Waals surface area contributed by atoms with Gasteiger partial charge < -0.3 is 30.9 Å². The van der Waals surface area contributed by atoms with E-state index in [1.807, 2.05) is 0 Å². The largest absolute Gasteiger partial charge is 0.467 e. The third kappa shape index (κ3) is 7.74. The number of nitrogens with two attached hydrogens (primary N) is 1. The summed E-state index contributed by atoms with van der Waals surface area (Å²) in [7, 11) is 1.09. The fourth-order valence-electron chi connectivity index (χ4n) is 2.07. The molecule has 3 atom stereocenters. The molecule has 1 aromatic carbocycles. The molecule has 0 aliphatic carbocycles. The summed E-state index contributed by atoms with van der Waals surface area (Å²) >= 11 is 0. The minimum Gasteiger partial charge on any atom is -0.467 e. The number of hydrogen-bond acceptors (Lipinski definition) is 7. The molecule has 0 radical (unpaired) electrons. The summed E-state index contributed by atoms with van der Waals surface area (Å²) in [5, 5.41) is 14.0. The number of ether oxygens (including phenoxy) is 2. The van der Waals surface area contributed by atoms with Crippen molar-refractivity contribution in [3.8, 4) is 0 Å². The van der Waals surface area contributed by atoms with Crippen LogP contribution in [0.4, 0.5) is 4.79 Å². The lowest BCUT2D eigenvalue weighted by Gasteiger charge is -2.22. The molecule has 27 heavy (non-hydrogen) atoms. The van der Waals surface area contributed by atoms with Gasteiger partial charge in [0.05, 0.1) is 19.6 Å². The minimum atomic E-state index is -1.39. The number of alkyl carbamates (subject to hydrolysis) is 1. The van der Waals surface area contributed by atoms with E-state index in [4.69, 9.17) is 10.5 Å². The van der Waals surface area contributed by atoms with Crippen LogP contribution in [0.1, 0.15) is 18.9 Å². The van der Waals surface area contributed by atoms with Crippen molar-refractivity contribution in [1.82, 2.24) is 10.6 Å². The van der Waals surface area contributed by atoms with E-state index in [2.05, 4.69) is 15.4 Å². The van der Waals surface area contributed by atoms with Gasteiger partial charge in [-0.25, -0.2) is 9.59 Å². The topological polar surface area (TPSA) is 157 Å². The first-order valence-corrected chi connectivity index (χ1v) is 8.06. The smallest absolute Gasteiger partial charge is 0.408 e. The number of methoxy groups -OCH3 is 1. The maximum absolute atomic E-state index is 12.3. The van der Waals surface area contributed by atoms with Gasteiger partial charge in [0.1, 0.15) is 12.6 Å². The number of rotatable bonds is 9. The van der Waals surface area contributed by atoms with Crippen molar-refractivity contribution in [2.45, 2.75) is 38.1 Å². The number of aliphatic hydroxyl groups excluding tert-OH is 1. The molecule has 3 amide bonds. The Labute approximate surface area is 156 Å². The van der Waals surface area contributed by atoms with Gasteiger partial charge in [0.2, 0.25) is 11.8 Å². The van der Waals surface area contributed by atoms with Crippen molar-refractivity contribution in [1.29, 1.82) is 0 Å². The van der Waals surface area contributed by atoms with E-state index in [0.717, 1.165) is 12.7 Å². The Bertz CT molecular complexity index is 664. The van der Waals surface area contributed by atoms with Crippen LogP contribution in [0.25, 0.3) is 0 Å². The molecule has 1 aromatic rings. The number of benzene rings is 1. The van der Waals surface area contributed by atoms with Crippen molar-refractivity contribution in [3.05, 3.63) is 35.9 Å². The quantitative estimate of drug-likeness (QED) is 0.408. The first kappa shape index (κ1) is 21.9. The van der Waals surface area contributed by atoms with Gasteiger partial charge >= 0.3 is 12.1 Å². The van der Waals surface area contributed by atoms with Crippen LogP contribution >= 0.6 is 0 Å². The molecule has 0 bridgehead atoms. The number of esters is 1. The molecular weight excluding hydrogens is 358 g/mol. The number of aliphatic hydroxyl groups is 1. The Kier molecular flexibility index (Phi) is 8.73. The Morgan fingerprint density at radius 3 is 2.30 bits per heavy atom. The van der Waals surface area contributed by atoms with Crippen LogP contribution in [-0.4, -0.2) is 54.3 Å². The molecule has 0 aromatic heterocycles. The number of amides is 3. The van der Waals surface area contributed by atoms with E-state index in [0.29, 0.717) is 0 Å². The first-order valence-electron chi connectivity index (χ1n) is 8.06. The van der Waals surface area contributed by atoms with Gasteiger partial charge in [-0.15, -0.1) is 0 Å².